The molecule has 7 heteroatoms. The molecule has 0 fully saturated rings. The van der Waals surface area contributed by atoms with E-state index in [1.807, 2.05) is 77.6 Å². The summed E-state index contributed by atoms with van der Waals surface area (Å²) in [7, 11) is 1.60. The average Bonchev–Trinajstić information content (AvgIpc) is 3.29. The topological polar surface area (TPSA) is 81.8 Å². The number of aromatic nitrogens is 4. The Morgan fingerprint density at radius 3 is 2.26 bits per heavy atom. The molecule has 2 aromatic heterocycles. The fourth-order valence-electron chi connectivity index (χ4n) is 4.20. The molecular formula is C28H25N5O2. The van der Waals surface area contributed by atoms with E-state index in [-0.39, 0.29) is 17.9 Å². The molecule has 0 atom stereocenters. The van der Waals surface area contributed by atoms with Gasteiger partial charge in [0.25, 0.3) is 5.56 Å². The lowest BCUT2D eigenvalue weighted by Crippen LogP contribution is -2.27. The van der Waals surface area contributed by atoms with Gasteiger partial charge in [-0.25, -0.2) is 4.68 Å². The van der Waals surface area contributed by atoms with Crippen molar-refractivity contribution in [3.8, 4) is 11.3 Å². The van der Waals surface area contributed by atoms with Crippen LogP contribution in [0.25, 0.3) is 22.0 Å². The molecule has 2 heterocycles. The smallest absolute Gasteiger partial charge is 0.274 e. The van der Waals surface area contributed by atoms with Crippen LogP contribution in [0.3, 0.4) is 0 Å². The van der Waals surface area contributed by atoms with Gasteiger partial charge in [0.15, 0.2) is 0 Å². The molecule has 7 nitrogen and oxygen atoms in total. The molecule has 0 aliphatic rings. The van der Waals surface area contributed by atoms with Crippen LogP contribution < -0.4 is 10.9 Å². The van der Waals surface area contributed by atoms with E-state index in [4.69, 9.17) is 5.10 Å². The molecular weight excluding hydrogens is 438 g/mol. The Hall–Kier alpha value is -4.52. The third kappa shape index (κ3) is 4.89. The maximum Gasteiger partial charge on any atom is 0.274 e. The minimum atomic E-state index is -0.178. The van der Waals surface area contributed by atoms with E-state index in [0.29, 0.717) is 29.6 Å². The minimum absolute atomic E-state index is 0.0768. The Bertz CT molecular complexity index is 1540. The second kappa shape index (κ2) is 9.77. The highest BCUT2D eigenvalue weighted by Gasteiger charge is 2.15. The summed E-state index contributed by atoms with van der Waals surface area (Å²) in [6.45, 7) is 0.976. The third-order valence-electron chi connectivity index (χ3n) is 5.91. The first-order valence-corrected chi connectivity index (χ1v) is 11.5. The van der Waals surface area contributed by atoms with E-state index < -0.39 is 0 Å². The second-order valence-corrected chi connectivity index (χ2v) is 8.43. The van der Waals surface area contributed by atoms with Crippen molar-refractivity contribution >= 4 is 16.7 Å². The summed E-state index contributed by atoms with van der Waals surface area (Å²) in [5.41, 5.74) is 4.31. The van der Waals surface area contributed by atoms with Gasteiger partial charge in [-0.1, -0.05) is 78.9 Å². The Morgan fingerprint density at radius 1 is 0.857 bits per heavy atom. The average molecular weight is 464 g/mol. The van der Waals surface area contributed by atoms with Gasteiger partial charge in [-0.05, 0) is 11.6 Å². The van der Waals surface area contributed by atoms with Gasteiger partial charge in [0.1, 0.15) is 0 Å². The summed E-state index contributed by atoms with van der Waals surface area (Å²) in [6, 6.07) is 27.3. The molecule has 0 radical (unpaired) electrons. The summed E-state index contributed by atoms with van der Waals surface area (Å²) in [6.07, 6.45) is 2.06. The number of carbonyl (C=O) groups is 1. The van der Waals surface area contributed by atoms with Crippen molar-refractivity contribution in [3.05, 3.63) is 118 Å². The molecule has 0 saturated carbocycles. The van der Waals surface area contributed by atoms with Crippen LogP contribution in [0, 0.1) is 0 Å². The molecule has 0 aliphatic carbocycles. The molecule has 35 heavy (non-hydrogen) atoms. The first-order chi connectivity index (χ1) is 17.1. The van der Waals surface area contributed by atoms with Crippen LogP contribution in [0.5, 0.6) is 0 Å². The second-order valence-electron chi connectivity index (χ2n) is 8.43. The Labute approximate surface area is 202 Å². The van der Waals surface area contributed by atoms with Gasteiger partial charge in [-0.15, -0.1) is 0 Å². The Balaban J connectivity index is 1.37. The summed E-state index contributed by atoms with van der Waals surface area (Å²) >= 11 is 0. The SMILES string of the molecule is Cn1nc(CC(=O)NCc2cn(Cc3ccccc3)nc2-c2ccccc2)c2ccccc2c1=O. The highest BCUT2D eigenvalue weighted by molar-refractivity contribution is 5.88. The van der Waals surface area contributed by atoms with E-state index in [1.165, 1.54) is 4.68 Å². The minimum Gasteiger partial charge on any atom is -0.352 e. The number of amides is 1. The number of nitrogens with zero attached hydrogens (tertiary/aromatic N) is 4. The van der Waals surface area contributed by atoms with Crippen molar-refractivity contribution < 1.29 is 4.79 Å². The van der Waals surface area contributed by atoms with Crippen LogP contribution >= 0.6 is 0 Å². The fraction of sp³-hybridized carbons (Fsp3) is 0.143. The van der Waals surface area contributed by atoms with Gasteiger partial charge in [-0.2, -0.15) is 10.2 Å². The summed E-state index contributed by atoms with van der Waals surface area (Å²) < 4.78 is 3.19. The molecule has 0 aliphatic heterocycles. The molecule has 0 bridgehead atoms. The van der Waals surface area contributed by atoms with Crippen molar-refractivity contribution in [2.75, 3.05) is 0 Å². The number of hydrogen-bond donors (Lipinski definition) is 1. The van der Waals surface area contributed by atoms with E-state index in [9.17, 15) is 9.59 Å². The van der Waals surface area contributed by atoms with E-state index in [1.54, 1.807) is 13.1 Å². The highest BCUT2D eigenvalue weighted by Crippen LogP contribution is 2.22. The van der Waals surface area contributed by atoms with Crippen molar-refractivity contribution in [3.63, 3.8) is 0 Å². The predicted molar refractivity (Wildman–Crippen MR) is 136 cm³/mol. The number of nitrogens with one attached hydrogen (secondary N) is 1. The van der Waals surface area contributed by atoms with Crippen LogP contribution in [-0.4, -0.2) is 25.5 Å². The van der Waals surface area contributed by atoms with Crippen molar-refractivity contribution in [2.24, 2.45) is 7.05 Å². The summed E-state index contributed by atoms with van der Waals surface area (Å²) in [5, 5.41) is 13.4. The molecule has 1 N–H and O–H groups in total. The molecule has 174 valence electrons. The zero-order chi connectivity index (χ0) is 24.2. The first-order valence-electron chi connectivity index (χ1n) is 11.5. The van der Waals surface area contributed by atoms with Crippen LogP contribution in [0.4, 0.5) is 0 Å². The lowest BCUT2D eigenvalue weighted by atomic mass is 10.1. The molecule has 5 rings (SSSR count). The predicted octanol–water partition coefficient (Wildman–Crippen LogP) is 3.70. The number of rotatable bonds is 7. The third-order valence-corrected chi connectivity index (χ3v) is 5.91. The van der Waals surface area contributed by atoms with E-state index in [2.05, 4.69) is 22.5 Å². The largest absolute Gasteiger partial charge is 0.352 e. The summed E-state index contributed by atoms with van der Waals surface area (Å²) in [5.74, 6) is -0.170. The fourth-order valence-corrected chi connectivity index (χ4v) is 4.20. The zero-order valence-corrected chi connectivity index (χ0v) is 19.4. The quantitative estimate of drug-likeness (QED) is 0.399. The molecule has 1 amide bonds. The molecule has 0 saturated heterocycles. The number of fused-ring (bicyclic) bond motifs is 1. The van der Waals surface area contributed by atoms with Crippen LogP contribution in [0.15, 0.2) is 95.9 Å². The zero-order valence-electron chi connectivity index (χ0n) is 19.4. The van der Waals surface area contributed by atoms with Crippen molar-refractivity contribution in [1.82, 2.24) is 24.9 Å². The monoisotopic (exact) mass is 463 g/mol. The lowest BCUT2D eigenvalue weighted by Gasteiger charge is -2.09. The standard InChI is InChI=1S/C28H25N5O2/c1-32-28(35)24-15-9-8-14-23(24)25(30-32)16-26(34)29-17-22-19-33(18-20-10-4-2-5-11-20)31-27(22)21-12-6-3-7-13-21/h2-15,19H,16-18H2,1H3,(H,29,34). The number of aryl methyl sites for hydroxylation is 1. The molecule has 3 aromatic carbocycles. The normalized spacial score (nSPS) is 11.0. The maximum atomic E-state index is 12.9. The van der Waals surface area contributed by atoms with Gasteiger partial charge in [-0.3, -0.25) is 14.3 Å². The lowest BCUT2D eigenvalue weighted by molar-refractivity contribution is -0.120. The first kappa shape index (κ1) is 22.3. The van der Waals surface area contributed by atoms with Gasteiger partial charge in [0.2, 0.25) is 5.91 Å². The maximum absolute atomic E-state index is 12.9. The molecule has 0 spiro atoms. The van der Waals surface area contributed by atoms with Crippen molar-refractivity contribution in [2.45, 2.75) is 19.5 Å². The number of benzene rings is 3. The van der Waals surface area contributed by atoms with Gasteiger partial charge in [0, 0.05) is 36.3 Å². The van der Waals surface area contributed by atoms with Crippen LogP contribution in [-0.2, 0) is 31.4 Å². The van der Waals surface area contributed by atoms with Gasteiger partial charge < -0.3 is 5.32 Å². The highest BCUT2D eigenvalue weighted by atomic mass is 16.1. The van der Waals surface area contributed by atoms with Gasteiger partial charge in [0.05, 0.1) is 29.7 Å². The molecule has 0 unspecified atom stereocenters. The molecule has 5 aromatic rings. The van der Waals surface area contributed by atoms with E-state index >= 15 is 0 Å². The number of hydrogen-bond acceptors (Lipinski definition) is 4. The number of carbonyl (C=O) groups excluding carboxylic acids is 1. The van der Waals surface area contributed by atoms with Gasteiger partial charge >= 0.3 is 0 Å². The van der Waals surface area contributed by atoms with Crippen LogP contribution in [0.1, 0.15) is 16.8 Å². The van der Waals surface area contributed by atoms with E-state index in [0.717, 1.165) is 22.4 Å². The van der Waals surface area contributed by atoms with Crippen molar-refractivity contribution in [1.29, 1.82) is 0 Å². The summed E-state index contributed by atoms with van der Waals surface area (Å²) in [4.78, 5) is 25.3. The van der Waals surface area contributed by atoms with Crippen LogP contribution in [0.2, 0.25) is 0 Å². The Morgan fingerprint density at radius 2 is 1.51 bits per heavy atom. The Kier molecular flexibility index (Phi) is 6.22.